The van der Waals surface area contributed by atoms with Gasteiger partial charge in [-0.1, -0.05) is 6.07 Å². The molecule has 202 valence electrons. The van der Waals surface area contributed by atoms with Crippen LogP contribution in [-0.2, 0) is 19.1 Å². The molecule has 0 aromatic heterocycles. The molecular formula is C25H34N4O8. The highest BCUT2D eigenvalue weighted by molar-refractivity contribution is 6.24. The van der Waals surface area contributed by atoms with Gasteiger partial charge in [-0.05, 0) is 52.2 Å². The van der Waals surface area contributed by atoms with E-state index in [9.17, 15) is 28.8 Å². The number of amides is 5. The molecule has 1 atom stereocenters. The van der Waals surface area contributed by atoms with E-state index >= 15 is 0 Å². The molecule has 0 spiro atoms. The van der Waals surface area contributed by atoms with Crippen LogP contribution in [0.25, 0.3) is 0 Å². The van der Waals surface area contributed by atoms with Gasteiger partial charge in [0.1, 0.15) is 23.7 Å². The molecule has 0 aliphatic carbocycles. The van der Waals surface area contributed by atoms with Crippen molar-refractivity contribution in [1.29, 1.82) is 0 Å². The molecule has 1 aromatic rings. The molecule has 1 aromatic carbocycles. The summed E-state index contributed by atoms with van der Waals surface area (Å²) in [7, 11) is 1.37. The van der Waals surface area contributed by atoms with Crippen LogP contribution in [0.5, 0.6) is 5.75 Å². The SMILES string of the molecule is CNC(=O)C(CCC=O)N1C(=O)c2cccc(OCC(=O)NCCCCNC(=O)OC(C)(C)C)c2C1=O. The normalized spacial score (nSPS) is 13.5. The molecule has 0 saturated carbocycles. The first kappa shape index (κ1) is 29.3. The second-order valence-electron chi connectivity index (χ2n) is 9.31. The van der Waals surface area contributed by atoms with E-state index in [1.54, 1.807) is 20.8 Å². The predicted octanol–water partition coefficient (Wildman–Crippen LogP) is 1.18. The zero-order valence-electron chi connectivity index (χ0n) is 21.5. The number of hydrogen-bond donors (Lipinski definition) is 3. The van der Waals surface area contributed by atoms with Crippen molar-refractivity contribution in [1.82, 2.24) is 20.9 Å². The van der Waals surface area contributed by atoms with E-state index in [2.05, 4.69) is 16.0 Å². The van der Waals surface area contributed by atoms with E-state index in [1.165, 1.54) is 25.2 Å². The number of ether oxygens (including phenoxy) is 2. The van der Waals surface area contributed by atoms with Crippen molar-refractivity contribution in [3.8, 4) is 5.75 Å². The van der Waals surface area contributed by atoms with E-state index in [4.69, 9.17) is 9.47 Å². The lowest BCUT2D eigenvalue weighted by molar-refractivity contribution is -0.125. The van der Waals surface area contributed by atoms with Crippen molar-refractivity contribution in [2.75, 3.05) is 26.7 Å². The Hall–Kier alpha value is -3.96. The van der Waals surface area contributed by atoms with Crippen LogP contribution >= 0.6 is 0 Å². The van der Waals surface area contributed by atoms with Crippen LogP contribution in [0.3, 0.4) is 0 Å². The van der Waals surface area contributed by atoms with Crippen LogP contribution in [0, 0.1) is 0 Å². The van der Waals surface area contributed by atoms with Gasteiger partial charge in [0, 0.05) is 26.6 Å². The zero-order chi connectivity index (χ0) is 27.6. The molecule has 2 rings (SSSR count). The smallest absolute Gasteiger partial charge is 0.407 e. The molecule has 3 N–H and O–H groups in total. The van der Waals surface area contributed by atoms with Gasteiger partial charge >= 0.3 is 6.09 Å². The third-order valence-corrected chi connectivity index (χ3v) is 5.28. The fraction of sp³-hybridized carbons (Fsp3) is 0.520. The summed E-state index contributed by atoms with van der Waals surface area (Å²) in [4.78, 5) is 73.8. The van der Waals surface area contributed by atoms with Gasteiger partial charge in [0.25, 0.3) is 17.7 Å². The van der Waals surface area contributed by atoms with Crippen LogP contribution in [-0.4, -0.2) is 79.3 Å². The van der Waals surface area contributed by atoms with Gasteiger partial charge in [-0.2, -0.15) is 0 Å². The van der Waals surface area contributed by atoms with Gasteiger partial charge in [0.05, 0.1) is 11.1 Å². The Morgan fingerprint density at radius 2 is 1.73 bits per heavy atom. The average molecular weight is 519 g/mol. The molecule has 37 heavy (non-hydrogen) atoms. The van der Waals surface area contributed by atoms with Crippen LogP contribution in [0.1, 0.15) is 67.2 Å². The van der Waals surface area contributed by atoms with Gasteiger partial charge in [-0.3, -0.25) is 24.1 Å². The summed E-state index contributed by atoms with van der Waals surface area (Å²) >= 11 is 0. The predicted molar refractivity (Wildman–Crippen MR) is 132 cm³/mol. The zero-order valence-corrected chi connectivity index (χ0v) is 21.5. The summed E-state index contributed by atoms with van der Waals surface area (Å²) in [6.07, 6.45) is 1.31. The monoisotopic (exact) mass is 518 g/mol. The third-order valence-electron chi connectivity index (χ3n) is 5.28. The second-order valence-corrected chi connectivity index (χ2v) is 9.31. The minimum Gasteiger partial charge on any atom is -0.483 e. The van der Waals surface area contributed by atoms with Gasteiger partial charge in [0.15, 0.2) is 6.61 Å². The summed E-state index contributed by atoms with van der Waals surface area (Å²) in [5, 5.41) is 7.73. The maximum Gasteiger partial charge on any atom is 0.407 e. The van der Waals surface area contributed by atoms with Crippen LogP contribution < -0.4 is 20.7 Å². The number of rotatable bonds is 13. The molecule has 0 fully saturated rings. The average Bonchev–Trinajstić information content (AvgIpc) is 3.09. The second kappa shape index (κ2) is 13.4. The van der Waals surface area contributed by atoms with Crippen molar-refractivity contribution in [2.45, 2.75) is 58.1 Å². The van der Waals surface area contributed by atoms with Gasteiger partial charge in [0.2, 0.25) is 5.91 Å². The fourth-order valence-corrected chi connectivity index (χ4v) is 3.62. The number of benzene rings is 1. The highest BCUT2D eigenvalue weighted by Gasteiger charge is 2.44. The summed E-state index contributed by atoms with van der Waals surface area (Å²) in [6, 6.07) is 3.26. The highest BCUT2D eigenvalue weighted by atomic mass is 16.6. The molecule has 1 unspecified atom stereocenters. The van der Waals surface area contributed by atoms with E-state index in [0.29, 0.717) is 32.2 Å². The number of nitrogens with one attached hydrogen (secondary N) is 3. The fourth-order valence-electron chi connectivity index (χ4n) is 3.62. The first-order chi connectivity index (χ1) is 17.5. The van der Waals surface area contributed by atoms with Crippen LogP contribution in [0.4, 0.5) is 4.79 Å². The molecule has 5 amide bonds. The largest absolute Gasteiger partial charge is 0.483 e. The summed E-state index contributed by atoms with van der Waals surface area (Å²) in [5.41, 5.74) is -0.552. The first-order valence-corrected chi connectivity index (χ1v) is 12.0. The molecule has 1 aliphatic rings. The van der Waals surface area contributed by atoms with Crippen LogP contribution in [0.2, 0.25) is 0 Å². The lowest BCUT2D eigenvalue weighted by atomic mass is 10.1. The molecular weight excluding hydrogens is 484 g/mol. The Balaban J connectivity index is 1.89. The molecule has 1 aliphatic heterocycles. The number of aldehydes is 1. The number of fused-ring (bicyclic) bond motifs is 1. The van der Waals surface area contributed by atoms with E-state index in [0.717, 1.165) is 4.90 Å². The van der Waals surface area contributed by atoms with E-state index in [1.807, 2.05) is 0 Å². The molecule has 0 saturated heterocycles. The standard InChI is InChI=1S/C25H34N4O8/c1-25(2,3)37-24(35)28-13-6-5-12-27-19(31)15-36-18-11-7-9-16-20(18)23(34)29(22(16)33)17(10-8-14-30)21(32)26-4/h7,9,11,14,17H,5-6,8,10,12-13,15H2,1-4H3,(H,26,32)(H,27,31)(H,28,35). The molecule has 12 nitrogen and oxygen atoms in total. The number of hydrogen-bond acceptors (Lipinski definition) is 8. The summed E-state index contributed by atoms with van der Waals surface area (Å²) in [5.74, 6) is -2.36. The Morgan fingerprint density at radius 3 is 2.35 bits per heavy atom. The van der Waals surface area contributed by atoms with E-state index < -0.39 is 48.0 Å². The highest BCUT2D eigenvalue weighted by Crippen LogP contribution is 2.33. The van der Waals surface area contributed by atoms with Gasteiger partial charge in [-0.15, -0.1) is 0 Å². The minimum absolute atomic E-state index is 0.00785. The van der Waals surface area contributed by atoms with Gasteiger partial charge < -0.3 is 30.2 Å². The number of imide groups is 1. The van der Waals surface area contributed by atoms with Crippen molar-refractivity contribution in [2.24, 2.45) is 0 Å². The van der Waals surface area contributed by atoms with Gasteiger partial charge in [-0.25, -0.2) is 4.79 Å². The molecule has 1 heterocycles. The Morgan fingerprint density at radius 1 is 1.05 bits per heavy atom. The molecule has 12 heteroatoms. The number of carbonyl (C=O) groups is 6. The minimum atomic E-state index is -1.15. The van der Waals surface area contributed by atoms with Crippen molar-refractivity contribution < 1.29 is 38.2 Å². The Bertz CT molecular complexity index is 1030. The maximum absolute atomic E-state index is 13.1. The summed E-state index contributed by atoms with van der Waals surface area (Å²) in [6.45, 7) is 5.67. The molecule has 0 radical (unpaired) electrons. The van der Waals surface area contributed by atoms with E-state index in [-0.39, 0.29) is 29.7 Å². The van der Waals surface area contributed by atoms with Crippen LogP contribution in [0.15, 0.2) is 18.2 Å². The quantitative estimate of drug-likeness (QED) is 0.199. The third kappa shape index (κ3) is 8.29. The molecule has 0 bridgehead atoms. The summed E-state index contributed by atoms with van der Waals surface area (Å²) < 4.78 is 10.7. The number of unbranched alkanes of at least 4 members (excludes halogenated alkanes) is 1. The Labute approximate surface area is 215 Å². The van der Waals surface area contributed by atoms with Crippen molar-refractivity contribution in [3.05, 3.63) is 29.3 Å². The van der Waals surface area contributed by atoms with Crippen molar-refractivity contribution >= 4 is 36.0 Å². The topological polar surface area (TPSA) is 160 Å². The number of carbonyl (C=O) groups excluding carboxylic acids is 6. The first-order valence-electron chi connectivity index (χ1n) is 12.0. The maximum atomic E-state index is 13.1. The Kier molecular flexibility index (Phi) is 10.6. The number of alkyl carbamates (subject to hydrolysis) is 1. The lowest BCUT2D eigenvalue weighted by Crippen LogP contribution is -2.48. The number of likely N-dealkylation sites (N-methyl/N-ethyl adjacent to an activating group) is 1. The van der Waals surface area contributed by atoms with Crippen molar-refractivity contribution in [3.63, 3.8) is 0 Å². The number of nitrogens with zero attached hydrogens (tertiary/aromatic N) is 1. The lowest BCUT2D eigenvalue weighted by Gasteiger charge is -2.24.